The molecule has 1 aliphatic rings. The number of aromatic hydroxyl groups is 1. The third-order valence-electron chi connectivity index (χ3n) is 3.24. The molecule has 2 N–H and O–H groups in total. The standard InChI is InChI=1S/C14H21NO2S2/c1-10(15-8-12-9-18-5-6-19-12)13-4-3-11(17-2)7-14(13)16/h3-4,7,10,12,15-16H,5-6,8-9H2,1-2H3. The van der Waals surface area contributed by atoms with Gasteiger partial charge < -0.3 is 15.2 Å². The van der Waals surface area contributed by atoms with Crippen LogP contribution < -0.4 is 10.1 Å². The van der Waals surface area contributed by atoms with Crippen LogP contribution in [0.1, 0.15) is 18.5 Å². The Morgan fingerprint density at radius 1 is 1.47 bits per heavy atom. The molecule has 2 atom stereocenters. The lowest BCUT2D eigenvalue weighted by Gasteiger charge is -2.24. The number of methoxy groups -OCH3 is 1. The van der Waals surface area contributed by atoms with Crippen LogP contribution in [0, 0.1) is 0 Å². The van der Waals surface area contributed by atoms with Gasteiger partial charge in [0, 0.05) is 46.7 Å². The van der Waals surface area contributed by atoms with Crippen molar-refractivity contribution in [2.75, 3.05) is 30.9 Å². The number of phenols is 1. The van der Waals surface area contributed by atoms with Gasteiger partial charge in [-0.2, -0.15) is 23.5 Å². The molecule has 2 rings (SSSR count). The van der Waals surface area contributed by atoms with E-state index in [-0.39, 0.29) is 6.04 Å². The number of thioether (sulfide) groups is 2. The van der Waals surface area contributed by atoms with E-state index < -0.39 is 0 Å². The molecule has 19 heavy (non-hydrogen) atoms. The molecule has 1 heterocycles. The molecule has 1 saturated heterocycles. The van der Waals surface area contributed by atoms with Gasteiger partial charge in [-0.25, -0.2) is 0 Å². The van der Waals surface area contributed by atoms with E-state index in [4.69, 9.17) is 4.74 Å². The Morgan fingerprint density at radius 3 is 2.95 bits per heavy atom. The first-order valence-corrected chi connectivity index (χ1v) is 8.70. The van der Waals surface area contributed by atoms with E-state index in [0.717, 1.165) is 12.1 Å². The van der Waals surface area contributed by atoms with Gasteiger partial charge in [-0.1, -0.05) is 6.07 Å². The molecule has 0 aromatic heterocycles. The largest absolute Gasteiger partial charge is 0.507 e. The second kappa shape index (κ2) is 7.31. The van der Waals surface area contributed by atoms with Gasteiger partial charge in [0.05, 0.1) is 7.11 Å². The summed E-state index contributed by atoms with van der Waals surface area (Å²) < 4.78 is 5.10. The van der Waals surface area contributed by atoms with Crippen LogP contribution in [-0.4, -0.2) is 41.3 Å². The van der Waals surface area contributed by atoms with E-state index in [1.807, 2.05) is 35.7 Å². The third-order valence-corrected chi connectivity index (χ3v) is 6.09. The van der Waals surface area contributed by atoms with E-state index >= 15 is 0 Å². The zero-order valence-electron chi connectivity index (χ0n) is 11.4. The average Bonchev–Trinajstić information content (AvgIpc) is 2.45. The number of phenolic OH excluding ortho intramolecular Hbond substituents is 1. The molecule has 5 heteroatoms. The molecule has 0 spiro atoms. The van der Waals surface area contributed by atoms with Gasteiger partial charge in [0.2, 0.25) is 0 Å². The summed E-state index contributed by atoms with van der Waals surface area (Å²) >= 11 is 4.08. The Hall–Kier alpha value is -0.520. The molecule has 0 bridgehead atoms. The van der Waals surface area contributed by atoms with Crippen LogP contribution >= 0.6 is 23.5 Å². The maximum atomic E-state index is 10.0. The van der Waals surface area contributed by atoms with Gasteiger partial charge in [0.25, 0.3) is 0 Å². The number of nitrogens with one attached hydrogen (secondary N) is 1. The lowest BCUT2D eigenvalue weighted by molar-refractivity contribution is 0.404. The number of rotatable bonds is 5. The normalized spacial score (nSPS) is 21.1. The highest BCUT2D eigenvalue weighted by Gasteiger charge is 2.16. The van der Waals surface area contributed by atoms with Gasteiger partial charge in [0.1, 0.15) is 11.5 Å². The summed E-state index contributed by atoms with van der Waals surface area (Å²) in [7, 11) is 1.61. The van der Waals surface area contributed by atoms with Crippen LogP contribution in [0.5, 0.6) is 11.5 Å². The smallest absolute Gasteiger partial charge is 0.124 e. The van der Waals surface area contributed by atoms with Gasteiger partial charge in [-0.05, 0) is 13.0 Å². The molecule has 1 aromatic carbocycles. The summed E-state index contributed by atoms with van der Waals surface area (Å²) in [6.07, 6.45) is 0. The van der Waals surface area contributed by atoms with Crippen molar-refractivity contribution in [1.29, 1.82) is 0 Å². The fourth-order valence-corrected chi connectivity index (χ4v) is 4.71. The van der Waals surface area contributed by atoms with E-state index in [2.05, 4.69) is 12.2 Å². The van der Waals surface area contributed by atoms with Gasteiger partial charge in [-0.3, -0.25) is 0 Å². The van der Waals surface area contributed by atoms with Crippen molar-refractivity contribution >= 4 is 23.5 Å². The van der Waals surface area contributed by atoms with Crippen LogP contribution in [0.4, 0.5) is 0 Å². The van der Waals surface area contributed by atoms with Gasteiger partial charge in [0.15, 0.2) is 0 Å². The maximum absolute atomic E-state index is 10.0. The van der Waals surface area contributed by atoms with E-state index in [9.17, 15) is 5.11 Å². The van der Waals surface area contributed by atoms with Gasteiger partial charge in [-0.15, -0.1) is 0 Å². The summed E-state index contributed by atoms with van der Waals surface area (Å²) in [4.78, 5) is 0. The fraction of sp³-hybridized carbons (Fsp3) is 0.571. The molecular weight excluding hydrogens is 278 g/mol. The highest BCUT2D eigenvalue weighted by atomic mass is 32.2. The quantitative estimate of drug-likeness (QED) is 0.875. The lowest BCUT2D eigenvalue weighted by atomic mass is 10.1. The summed E-state index contributed by atoms with van der Waals surface area (Å²) in [6.45, 7) is 3.08. The van der Waals surface area contributed by atoms with Crippen molar-refractivity contribution in [2.45, 2.75) is 18.2 Å². The topological polar surface area (TPSA) is 41.5 Å². The maximum Gasteiger partial charge on any atom is 0.124 e. The van der Waals surface area contributed by atoms with Crippen LogP contribution in [0.25, 0.3) is 0 Å². The molecular formula is C14H21NO2S2. The van der Waals surface area contributed by atoms with Crippen LogP contribution in [0.3, 0.4) is 0 Å². The highest BCUT2D eigenvalue weighted by Crippen LogP contribution is 2.29. The molecule has 2 unspecified atom stereocenters. The Kier molecular flexibility index (Phi) is 5.73. The lowest BCUT2D eigenvalue weighted by Crippen LogP contribution is -2.30. The number of hydrogen-bond donors (Lipinski definition) is 2. The monoisotopic (exact) mass is 299 g/mol. The molecule has 0 saturated carbocycles. The summed E-state index contributed by atoms with van der Waals surface area (Å²) in [5.74, 6) is 4.73. The molecule has 106 valence electrons. The van der Waals surface area contributed by atoms with Crippen molar-refractivity contribution in [3.05, 3.63) is 23.8 Å². The van der Waals surface area contributed by atoms with Crippen molar-refractivity contribution in [3.63, 3.8) is 0 Å². The summed E-state index contributed by atoms with van der Waals surface area (Å²) in [5, 5.41) is 14.2. The number of ether oxygens (including phenoxy) is 1. The minimum Gasteiger partial charge on any atom is -0.507 e. The summed E-state index contributed by atoms with van der Waals surface area (Å²) in [6, 6.07) is 5.63. The molecule has 0 radical (unpaired) electrons. The predicted octanol–water partition coefficient (Wildman–Crippen LogP) is 2.90. The first kappa shape index (κ1) is 14.9. The molecule has 0 amide bonds. The number of hydrogen-bond acceptors (Lipinski definition) is 5. The Balaban J connectivity index is 1.89. The molecule has 0 aliphatic carbocycles. The Bertz CT molecular complexity index is 408. The zero-order chi connectivity index (χ0) is 13.7. The Morgan fingerprint density at radius 2 is 2.32 bits per heavy atom. The second-order valence-electron chi connectivity index (χ2n) is 4.62. The minimum absolute atomic E-state index is 0.151. The van der Waals surface area contributed by atoms with Crippen molar-refractivity contribution in [3.8, 4) is 11.5 Å². The summed E-state index contributed by atoms with van der Waals surface area (Å²) in [5.41, 5.74) is 0.925. The van der Waals surface area contributed by atoms with Crippen LogP contribution in [0.15, 0.2) is 18.2 Å². The van der Waals surface area contributed by atoms with Crippen molar-refractivity contribution in [2.24, 2.45) is 0 Å². The minimum atomic E-state index is 0.151. The van der Waals surface area contributed by atoms with E-state index in [1.54, 1.807) is 13.2 Å². The zero-order valence-corrected chi connectivity index (χ0v) is 13.0. The fourth-order valence-electron chi connectivity index (χ4n) is 2.09. The Labute approximate surface area is 123 Å². The van der Waals surface area contributed by atoms with Gasteiger partial charge >= 0.3 is 0 Å². The average molecular weight is 299 g/mol. The van der Waals surface area contributed by atoms with Crippen LogP contribution in [0.2, 0.25) is 0 Å². The van der Waals surface area contributed by atoms with E-state index in [0.29, 0.717) is 16.7 Å². The SMILES string of the molecule is COc1ccc(C(C)NCC2CSCCS2)c(O)c1. The molecule has 1 fully saturated rings. The second-order valence-corrected chi connectivity index (χ2v) is 7.18. The first-order chi connectivity index (χ1) is 9.20. The molecule has 3 nitrogen and oxygen atoms in total. The third kappa shape index (κ3) is 4.23. The molecule has 1 aliphatic heterocycles. The van der Waals surface area contributed by atoms with Crippen molar-refractivity contribution in [1.82, 2.24) is 5.32 Å². The van der Waals surface area contributed by atoms with Crippen molar-refractivity contribution < 1.29 is 9.84 Å². The molecule has 1 aromatic rings. The first-order valence-electron chi connectivity index (χ1n) is 6.50. The highest BCUT2D eigenvalue weighted by molar-refractivity contribution is 8.06. The number of benzene rings is 1. The van der Waals surface area contributed by atoms with E-state index in [1.165, 1.54) is 17.3 Å². The van der Waals surface area contributed by atoms with Crippen LogP contribution in [-0.2, 0) is 0 Å². The predicted molar refractivity (Wildman–Crippen MR) is 84.6 cm³/mol.